The fraction of sp³-hybridized carbons (Fsp3) is 0.438. The molecule has 0 atom stereocenters. The van der Waals surface area contributed by atoms with Crippen LogP contribution in [-0.4, -0.2) is 20.5 Å². The van der Waals surface area contributed by atoms with Crippen LogP contribution in [0.1, 0.15) is 54.3 Å². The van der Waals surface area contributed by atoms with Crippen molar-refractivity contribution < 1.29 is 9.18 Å². The molecule has 2 aromatic rings. The van der Waals surface area contributed by atoms with E-state index in [-0.39, 0.29) is 17.9 Å². The van der Waals surface area contributed by atoms with Gasteiger partial charge in [-0.05, 0) is 31.0 Å². The summed E-state index contributed by atoms with van der Waals surface area (Å²) in [5, 5.41) is 4.51. The summed E-state index contributed by atoms with van der Waals surface area (Å²) in [6.45, 7) is 0. The van der Waals surface area contributed by atoms with Crippen molar-refractivity contribution in [1.82, 2.24) is 14.8 Å². The van der Waals surface area contributed by atoms with Gasteiger partial charge < -0.3 is 0 Å². The molecule has 0 bridgehead atoms. The molecule has 0 aliphatic heterocycles. The molecule has 2 heterocycles. The highest BCUT2D eigenvalue weighted by molar-refractivity contribution is 5.95. The molecular weight excluding hydrogens is 269 g/mol. The maximum absolute atomic E-state index is 12.8. The van der Waals surface area contributed by atoms with Crippen molar-refractivity contribution >= 4 is 5.78 Å². The summed E-state index contributed by atoms with van der Waals surface area (Å²) >= 11 is 0. The highest BCUT2D eigenvalue weighted by Crippen LogP contribution is 2.27. The van der Waals surface area contributed by atoms with Crippen LogP contribution in [0, 0.1) is 5.82 Å². The number of carbonyl (C=O) groups excluding carboxylic acids is 1. The van der Waals surface area contributed by atoms with Gasteiger partial charge in [0, 0.05) is 6.20 Å². The van der Waals surface area contributed by atoms with E-state index in [4.69, 9.17) is 0 Å². The van der Waals surface area contributed by atoms with E-state index >= 15 is 0 Å². The maximum atomic E-state index is 12.8. The molecular formula is C16H18FN3O. The summed E-state index contributed by atoms with van der Waals surface area (Å²) in [6.07, 6.45) is 9.35. The molecule has 0 N–H and O–H groups in total. The van der Waals surface area contributed by atoms with E-state index in [1.807, 2.05) is 16.9 Å². The van der Waals surface area contributed by atoms with E-state index in [0.717, 1.165) is 24.7 Å². The molecule has 0 unspecified atom stereocenters. The Morgan fingerprint density at radius 2 is 2.05 bits per heavy atom. The standard InChI is InChI=1S/C16H18FN3O/c17-12-6-7-15(18-11-12)16(21)10-13-8-9-20(19-13)14-4-2-1-3-5-14/h6-9,11,14H,1-5,10H2. The third kappa shape index (κ3) is 3.35. The van der Waals surface area contributed by atoms with Crippen LogP contribution in [0.4, 0.5) is 4.39 Å². The molecule has 4 nitrogen and oxygen atoms in total. The number of ketones is 1. The molecule has 0 aromatic carbocycles. The molecule has 1 saturated carbocycles. The van der Waals surface area contributed by atoms with Gasteiger partial charge in [0.25, 0.3) is 0 Å². The zero-order chi connectivity index (χ0) is 14.7. The van der Waals surface area contributed by atoms with Gasteiger partial charge in [0.2, 0.25) is 0 Å². The molecule has 1 fully saturated rings. The predicted molar refractivity (Wildman–Crippen MR) is 76.6 cm³/mol. The van der Waals surface area contributed by atoms with Gasteiger partial charge in [-0.15, -0.1) is 0 Å². The second-order valence-electron chi connectivity index (χ2n) is 5.54. The van der Waals surface area contributed by atoms with Crippen LogP contribution >= 0.6 is 0 Å². The Morgan fingerprint density at radius 3 is 2.76 bits per heavy atom. The van der Waals surface area contributed by atoms with Crippen molar-refractivity contribution in [3.05, 3.63) is 47.8 Å². The number of rotatable bonds is 4. The molecule has 1 aliphatic rings. The SMILES string of the molecule is O=C(Cc1ccn(C2CCCCC2)n1)c1ccc(F)cn1. The Kier molecular flexibility index (Phi) is 4.08. The van der Waals surface area contributed by atoms with Crippen LogP contribution in [0.25, 0.3) is 0 Å². The zero-order valence-corrected chi connectivity index (χ0v) is 11.8. The van der Waals surface area contributed by atoms with Crippen LogP contribution in [0.5, 0.6) is 0 Å². The molecule has 0 amide bonds. The largest absolute Gasteiger partial charge is 0.292 e. The summed E-state index contributed by atoms with van der Waals surface area (Å²) in [7, 11) is 0. The molecule has 1 aliphatic carbocycles. The third-order valence-corrected chi connectivity index (χ3v) is 3.97. The van der Waals surface area contributed by atoms with Gasteiger partial charge in [-0.25, -0.2) is 4.39 Å². The zero-order valence-electron chi connectivity index (χ0n) is 11.8. The van der Waals surface area contributed by atoms with E-state index in [9.17, 15) is 9.18 Å². The first-order valence-corrected chi connectivity index (χ1v) is 7.41. The summed E-state index contributed by atoms with van der Waals surface area (Å²) in [5.41, 5.74) is 1.03. The Morgan fingerprint density at radius 1 is 1.24 bits per heavy atom. The number of carbonyl (C=O) groups is 1. The van der Waals surface area contributed by atoms with Gasteiger partial charge in [0.15, 0.2) is 5.78 Å². The molecule has 3 rings (SSSR count). The van der Waals surface area contributed by atoms with Crippen LogP contribution in [0.15, 0.2) is 30.6 Å². The molecule has 21 heavy (non-hydrogen) atoms. The van der Waals surface area contributed by atoms with Crippen LogP contribution in [-0.2, 0) is 6.42 Å². The van der Waals surface area contributed by atoms with Gasteiger partial charge in [-0.1, -0.05) is 19.3 Å². The van der Waals surface area contributed by atoms with Crippen LogP contribution in [0.2, 0.25) is 0 Å². The number of hydrogen-bond acceptors (Lipinski definition) is 3. The number of Topliss-reactive ketones (excluding diaryl/α,β-unsaturated/α-hetero) is 1. The second-order valence-corrected chi connectivity index (χ2v) is 5.54. The number of pyridine rings is 1. The van der Waals surface area contributed by atoms with E-state index in [0.29, 0.717) is 6.04 Å². The highest BCUT2D eigenvalue weighted by Gasteiger charge is 2.17. The molecule has 5 heteroatoms. The summed E-state index contributed by atoms with van der Waals surface area (Å²) < 4.78 is 14.8. The van der Waals surface area contributed by atoms with E-state index in [1.165, 1.54) is 31.4 Å². The lowest BCUT2D eigenvalue weighted by atomic mass is 9.96. The normalized spacial score (nSPS) is 16.0. The minimum Gasteiger partial charge on any atom is -0.292 e. The summed E-state index contributed by atoms with van der Waals surface area (Å²) in [4.78, 5) is 15.9. The lowest BCUT2D eigenvalue weighted by Crippen LogP contribution is -2.14. The number of aromatic nitrogens is 3. The number of hydrogen-bond donors (Lipinski definition) is 0. The summed E-state index contributed by atoms with van der Waals surface area (Å²) in [6, 6.07) is 5.01. The van der Waals surface area contributed by atoms with E-state index < -0.39 is 5.82 Å². The minimum absolute atomic E-state index is 0.135. The first-order chi connectivity index (χ1) is 10.2. The van der Waals surface area contributed by atoms with Crippen molar-refractivity contribution in [2.24, 2.45) is 0 Å². The number of nitrogens with zero attached hydrogens (tertiary/aromatic N) is 3. The Hall–Kier alpha value is -2.04. The topological polar surface area (TPSA) is 47.8 Å². The van der Waals surface area contributed by atoms with E-state index in [2.05, 4.69) is 10.1 Å². The molecule has 0 spiro atoms. The van der Waals surface area contributed by atoms with Crippen molar-refractivity contribution in [2.45, 2.75) is 44.6 Å². The van der Waals surface area contributed by atoms with Crippen molar-refractivity contribution in [3.8, 4) is 0 Å². The van der Waals surface area contributed by atoms with E-state index in [1.54, 1.807) is 0 Å². The lowest BCUT2D eigenvalue weighted by Gasteiger charge is -2.21. The van der Waals surface area contributed by atoms with Crippen molar-refractivity contribution in [1.29, 1.82) is 0 Å². The average Bonchev–Trinajstić information content (AvgIpc) is 2.97. The molecule has 110 valence electrons. The third-order valence-electron chi connectivity index (χ3n) is 3.97. The molecule has 0 radical (unpaired) electrons. The van der Waals surface area contributed by atoms with Crippen molar-refractivity contribution in [3.63, 3.8) is 0 Å². The maximum Gasteiger partial charge on any atom is 0.187 e. The Bertz CT molecular complexity index is 615. The lowest BCUT2D eigenvalue weighted by molar-refractivity contribution is 0.0986. The first kappa shape index (κ1) is 13.9. The molecule has 2 aromatic heterocycles. The fourth-order valence-electron chi connectivity index (χ4n) is 2.82. The second kappa shape index (κ2) is 6.16. The summed E-state index contributed by atoms with van der Waals surface area (Å²) in [5.74, 6) is -0.572. The average molecular weight is 287 g/mol. The minimum atomic E-state index is -0.437. The predicted octanol–water partition coefficient (Wildman–Crippen LogP) is 3.35. The fourth-order valence-corrected chi connectivity index (χ4v) is 2.82. The van der Waals surface area contributed by atoms with Gasteiger partial charge in [0.05, 0.1) is 24.4 Å². The van der Waals surface area contributed by atoms with Crippen LogP contribution < -0.4 is 0 Å². The van der Waals surface area contributed by atoms with Gasteiger partial charge >= 0.3 is 0 Å². The van der Waals surface area contributed by atoms with Gasteiger partial charge in [0.1, 0.15) is 11.5 Å². The molecule has 0 saturated heterocycles. The van der Waals surface area contributed by atoms with Gasteiger partial charge in [-0.3, -0.25) is 14.5 Å². The highest BCUT2D eigenvalue weighted by atomic mass is 19.1. The van der Waals surface area contributed by atoms with Crippen molar-refractivity contribution in [2.75, 3.05) is 0 Å². The monoisotopic (exact) mass is 287 g/mol. The van der Waals surface area contributed by atoms with Crippen LogP contribution in [0.3, 0.4) is 0 Å². The first-order valence-electron chi connectivity index (χ1n) is 7.41. The van der Waals surface area contributed by atoms with Gasteiger partial charge in [-0.2, -0.15) is 5.10 Å². The smallest absolute Gasteiger partial charge is 0.187 e. The number of halogens is 1. The Balaban J connectivity index is 1.66. The Labute approximate surface area is 123 Å². The quantitative estimate of drug-likeness (QED) is 0.810.